The van der Waals surface area contributed by atoms with E-state index in [9.17, 15) is 0 Å². The van der Waals surface area contributed by atoms with Gasteiger partial charge in [0.05, 0.1) is 19.0 Å². The van der Waals surface area contributed by atoms with Crippen LogP contribution in [0.1, 0.15) is 12.5 Å². The molecule has 20 heavy (non-hydrogen) atoms. The summed E-state index contributed by atoms with van der Waals surface area (Å²) in [5.41, 5.74) is 7.13. The molecular weight excluding hydrogens is 262 g/mol. The Morgan fingerprint density at radius 1 is 1.35 bits per heavy atom. The van der Waals surface area contributed by atoms with Gasteiger partial charge in [0.1, 0.15) is 17.9 Å². The number of nitrogens with two attached hydrogens (primary N) is 1. The maximum atomic E-state index is 5.79. The average molecular weight is 279 g/mol. The van der Waals surface area contributed by atoms with Crippen LogP contribution in [0.4, 0.5) is 5.82 Å². The highest BCUT2D eigenvalue weighted by atomic mass is 16.7. The summed E-state index contributed by atoms with van der Waals surface area (Å²) in [6.07, 6.45) is 3.46. The largest absolute Gasteiger partial charge is 0.382 e. The maximum Gasteiger partial charge on any atom is 0.183 e. The van der Waals surface area contributed by atoms with Gasteiger partial charge in [-0.05, 0) is 0 Å². The molecule has 0 unspecified atom stereocenters. The molecule has 2 atom stereocenters. The topological polar surface area (TPSA) is 97.3 Å². The molecule has 0 aromatic carbocycles. The summed E-state index contributed by atoms with van der Waals surface area (Å²) in [7, 11) is 3.21. The second kappa shape index (κ2) is 5.31. The Labute approximate surface area is 115 Å². The first-order valence-corrected chi connectivity index (χ1v) is 6.34. The molecule has 1 saturated heterocycles. The van der Waals surface area contributed by atoms with E-state index < -0.39 is 0 Å². The molecule has 0 saturated carbocycles. The molecule has 0 amide bonds. The molecule has 8 nitrogen and oxygen atoms in total. The van der Waals surface area contributed by atoms with Crippen LogP contribution in [-0.2, 0) is 14.2 Å². The minimum atomic E-state index is -0.366. The Balaban J connectivity index is 1.85. The summed E-state index contributed by atoms with van der Waals surface area (Å²) in [6.45, 7) is 0.559. The maximum absolute atomic E-state index is 5.79. The van der Waals surface area contributed by atoms with E-state index in [-0.39, 0.29) is 18.4 Å². The number of methoxy groups -OCH3 is 2. The number of nitrogens with zero attached hydrogens (tertiary/aromatic N) is 4. The molecule has 1 aliphatic heterocycles. The summed E-state index contributed by atoms with van der Waals surface area (Å²) >= 11 is 0. The summed E-state index contributed by atoms with van der Waals surface area (Å²) in [5, 5.41) is 0. The van der Waals surface area contributed by atoms with E-state index in [0.717, 1.165) is 12.1 Å². The van der Waals surface area contributed by atoms with Crippen LogP contribution in [0.25, 0.3) is 11.2 Å². The molecule has 1 aliphatic rings. The van der Waals surface area contributed by atoms with Crippen molar-refractivity contribution >= 4 is 17.0 Å². The lowest BCUT2D eigenvalue weighted by Crippen LogP contribution is -2.29. The van der Waals surface area contributed by atoms with Gasteiger partial charge < -0.3 is 24.5 Å². The second-order valence-corrected chi connectivity index (χ2v) is 4.68. The van der Waals surface area contributed by atoms with Crippen molar-refractivity contribution in [3.8, 4) is 0 Å². The van der Waals surface area contributed by atoms with Crippen molar-refractivity contribution in [3.05, 3.63) is 12.7 Å². The summed E-state index contributed by atoms with van der Waals surface area (Å²) in [4.78, 5) is 12.5. The molecular formula is C12H17N5O3. The Morgan fingerprint density at radius 3 is 2.90 bits per heavy atom. The van der Waals surface area contributed by atoms with Crippen LogP contribution in [0.15, 0.2) is 12.7 Å². The van der Waals surface area contributed by atoms with Crippen molar-refractivity contribution in [3.63, 3.8) is 0 Å². The molecule has 0 aliphatic carbocycles. The smallest absolute Gasteiger partial charge is 0.183 e. The SMILES string of the molecule is COC(OC)[C@H]1C[C@@H](n2cnc3c(N)ncnc32)CO1. The predicted octanol–water partition coefficient (Wildman–Crippen LogP) is 0.357. The molecule has 3 heterocycles. The minimum absolute atomic E-state index is 0.105. The fourth-order valence-electron chi connectivity index (χ4n) is 2.56. The number of hydrogen-bond acceptors (Lipinski definition) is 7. The highest BCUT2D eigenvalue weighted by Gasteiger charge is 2.34. The Bertz CT molecular complexity index is 598. The van der Waals surface area contributed by atoms with Crippen LogP contribution in [0.5, 0.6) is 0 Å². The molecule has 3 rings (SSSR count). The molecule has 0 radical (unpaired) electrons. The van der Waals surface area contributed by atoms with Crippen LogP contribution in [0, 0.1) is 0 Å². The lowest BCUT2D eigenvalue weighted by atomic mass is 10.1. The number of fused-ring (bicyclic) bond motifs is 1. The first-order chi connectivity index (χ1) is 9.74. The number of aromatic nitrogens is 4. The van der Waals surface area contributed by atoms with Crippen molar-refractivity contribution in [2.45, 2.75) is 24.9 Å². The van der Waals surface area contributed by atoms with Gasteiger partial charge in [0.2, 0.25) is 0 Å². The van der Waals surface area contributed by atoms with Crippen molar-refractivity contribution in [2.24, 2.45) is 0 Å². The van der Waals surface area contributed by atoms with E-state index in [2.05, 4.69) is 15.0 Å². The molecule has 8 heteroatoms. The molecule has 0 spiro atoms. The van der Waals surface area contributed by atoms with E-state index >= 15 is 0 Å². The van der Waals surface area contributed by atoms with Crippen LogP contribution >= 0.6 is 0 Å². The summed E-state index contributed by atoms with van der Waals surface area (Å²) in [6, 6.07) is 0.132. The molecule has 2 aromatic rings. The van der Waals surface area contributed by atoms with Crippen LogP contribution in [0.2, 0.25) is 0 Å². The second-order valence-electron chi connectivity index (χ2n) is 4.68. The zero-order valence-corrected chi connectivity index (χ0v) is 11.4. The van der Waals surface area contributed by atoms with Crippen LogP contribution < -0.4 is 5.73 Å². The zero-order chi connectivity index (χ0) is 14.1. The van der Waals surface area contributed by atoms with Gasteiger partial charge in [0.15, 0.2) is 17.8 Å². The van der Waals surface area contributed by atoms with Crippen molar-refractivity contribution in [2.75, 3.05) is 26.6 Å². The van der Waals surface area contributed by atoms with Crippen molar-refractivity contribution in [1.29, 1.82) is 0 Å². The van der Waals surface area contributed by atoms with Crippen molar-refractivity contribution in [1.82, 2.24) is 19.5 Å². The highest BCUT2D eigenvalue weighted by Crippen LogP contribution is 2.30. The number of anilines is 1. The Morgan fingerprint density at radius 2 is 2.15 bits per heavy atom. The lowest BCUT2D eigenvalue weighted by Gasteiger charge is -2.19. The van der Waals surface area contributed by atoms with Gasteiger partial charge in [0.25, 0.3) is 0 Å². The number of hydrogen-bond donors (Lipinski definition) is 1. The quantitative estimate of drug-likeness (QED) is 0.807. The number of imidazole rings is 1. The highest BCUT2D eigenvalue weighted by molar-refractivity contribution is 5.81. The van der Waals surface area contributed by atoms with E-state index in [1.165, 1.54) is 6.33 Å². The van der Waals surface area contributed by atoms with Gasteiger partial charge in [-0.25, -0.2) is 15.0 Å². The first kappa shape index (κ1) is 13.2. The van der Waals surface area contributed by atoms with E-state index in [1.54, 1.807) is 20.5 Å². The average Bonchev–Trinajstić information content (AvgIpc) is 3.07. The number of nitrogen functional groups attached to an aromatic ring is 1. The summed E-state index contributed by atoms with van der Waals surface area (Å²) < 4.78 is 18.2. The lowest BCUT2D eigenvalue weighted by molar-refractivity contribution is -0.167. The molecule has 2 aromatic heterocycles. The molecule has 0 bridgehead atoms. The Hall–Kier alpha value is -1.77. The third-order valence-electron chi connectivity index (χ3n) is 3.56. The van der Waals surface area contributed by atoms with Crippen molar-refractivity contribution < 1.29 is 14.2 Å². The third kappa shape index (κ3) is 2.11. The van der Waals surface area contributed by atoms with Gasteiger partial charge in [-0.3, -0.25) is 0 Å². The normalized spacial score (nSPS) is 22.9. The van der Waals surface area contributed by atoms with Gasteiger partial charge in [0, 0.05) is 20.6 Å². The fourth-order valence-corrected chi connectivity index (χ4v) is 2.56. The van der Waals surface area contributed by atoms with E-state index in [4.69, 9.17) is 19.9 Å². The molecule has 2 N–H and O–H groups in total. The van der Waals surface area contributed by atoms with Gasteiger partial charge in [-0.15, -0.1) is 0 Å². The van der Waals surface area contributed by atoms with Gasteiger partial charge in [-0.2, -0.15) is 0 Å². The minimum Gasteiger partial charge on any atom is -0.382 e. The molecule has 1 fully saturated rings. The van der Waals surface area contributed by atoms with Crippen LogP contribution in [-0.4, -0.2) is 52.7 Å². The van der Waals surface area contributed by atoms with Crippen LogP contribution in [0.3, 0.4) is 0 Å². The standard InChI is InChI=1S/C12H17N5O3/c1-18-12(19-2)8-3-7(4-20-8)17-6-16-9-10(13)14-5-15-11(9)17/h5-8,12H,3-4H2,1-2H3,(H2,13,14,15)/t7-,8-/m1/s1. The number of rotatable bonds is 4. The zero-order valence-electron chi connectivity index (χ0n) is 11.4. The summed E-state index contributed by atoms with van der Waals surface area (Å²) in [5.74, 6) is 0.385. The number of ether oxygens (including phenoxy) is 3. The first-order valence-electron chi connectivity index (χ1n) is 6.34. The van der Waals surface area contributed by atoms with E-state index in [0.29, 0.717) is 17.9 Å². The predicted molar refractivity (Wildman–Crippen MR) is 70.9 cm³/mol. The fraction of sp³-hybridized carbons (Fsp3) is 0.583. The Kier molecular flexibility index (Phi) is 3.51. The van der Waals surface area contributed by atoms with Gasteiger partial charge in [-0.1, -0.05) is 0 Å². The monoisotopic (exact) mass is 279 g/mol. The van der Waals surface area contributed by atoms with Gasteiger partial charge >= 0.3 is 0 Å². The third-order valence-corrected chi connectivity index (χ3v) is 3.56. The molecule has 108 valence electrons. The van der Waals surface area contributed by atoms with E-state index in [1.807, 2.05) is 4.57 Å².